The van der Waals surface area contributed by atoms with Gasteiger partial charge in [0.25, 0.3) is 10.0 Å². The first-order valence-electron chi connectivity index (χ1n) is 5.93. The minimum absolute atomic E-state index is 0.00421. The lowest BCUT2D eigenvalue weighted by atomic mass is 9.74. The number of aromatic amines is 1. The van der Waals surface area contributed by atoms with E-state index < -0.39 is 10.0 Å². The van der Waals surface area contributed by atoms with Gasteiger partial charge in [-0.15, -0.1) is 0 Å². The predicted octanol–water partition coefficient (Wildman–Crippen LogP) is 1.66. The van der Waals surface area contributed by atoms with Crippen LogP contribution in [0.2, 0.25) is 0 Å². The second kappa shape index (κ2) is 4.42. The number of rotatable bonds is 3. The van der Waals surface area contributed by atoms with Crippen molar-refractivity contribution in [1.82, 2.24) is 14.9 Å². The molecule has 5 nitrogen and oxygen atoms in total. The van der Waals surface area contributed by atoms with E-state index in [-0.39, 0.29) is 16.5 Å². The molecule has 1 aromatic heterocycles. The van der Waals surface area contributed by atoms with Crippen LogP contribution in [-0.2, 0) is 10.0 Å². The van der Waals surface area contributed by atoms with Gasteiger partial charge in [0.05, 0.1) is 6.20 Å². The van der Waals surface area contributed by atoms with Crippen molar-refractivity contribution in [2.75, 3.05) is 0 Å². The van der Waals surface area contributed by atoms with Gasteiger partial charge in [-0.1, -0.05) is 26.7 Å². The molecule has 1 aromatic rings. The molecule has 1 atom stereocenters. The molecule has 2 N–H and O–H groups in total. The summed E-state index contributed by atoms with van der Waals surface area (Å²) in [6.07, 6.45) is 5.67. The lowest BCUT2D eigenvalue weighted by Gasteiger charge is -2.38. The molecule has 1 unspecified atom stereocenters. The smallest absolute Gasteiger partial charge is 0.257 e. The minimum Gasteiger partial charge on any atom is -0.266 e. The average molecular weight is 257 g/mol. The zero-order valence-corrected chi connectivity index (χ0v) is 11.0. The minimum atomic E-state index is -3.46. The molecule has 0 bridgehead atoms. The Hall–Kier alpha value is -0.880. The molecule has 1 saturated carbocycles. The van der Waals surface area contributed by atoms with Crippen molar-refractivity contribution in [1.29, 1.82) is 0 Å². The van der Waals surface area contributed by atoms with Crippen molar-refractivity contribution in [3.8, 4) is 0 Å². The van der Waals surface area contributed by atoms with Gasteiger partial charge < -0.3 is 0 Å². The summed E-state index contributed by atoms with van der Waals surface area (Å²) in [6.45, 7) is 4.23. The average Bonchev–Trinajstić information content (AvgIpc) is 2.74. The van der Waals surface area contributed by atoms with E-state index in [2.05, 4.69) is 28.8 Å². The Morgan fingerprint density at radius 3 is 2.82 bits per heavy atom. The Morgan fingerprint density at radius 1 is 1.47 bits per heavy atom. The molecule has 2 rings (SSSR count). The Labute approximate surface area is 102 Å². The highest BCUT2D eigenvalue weighted by atomic mass is 32.2. The molecule has 0 aromatic carbocycles. The van der Waals surface area contributed by atoms with E-state index in [4.69, 9.17) is 0 Å². The van der Waals surface area contributed by atoms with E-state index in [1.165, 1.54) is 18.7 Å². The molecule has 6 heteroatoms. The summed E-state index contributed by atoms with van der Waals surface area (Å²) in [5.74, 6) is 0. The molecule has 17 heavy (non-hydrogen) atoms. The van der Waals surface area contributed by atoms with Crippen LogP contribution in [0.5, 0.6) is 0 Å². The van der Waals surface area contributed by atoms with Gasteiger partial charge in [0.2, 0.25) is 0 Å². The Bertz CT molecular complexity index is 465. The van der Waals surface area contributed by atoms with Crippen LogP contribution in [0.1, 0.15) is 39.5 Å². The highest BCUT2D eigenvalue weighted by Crippen LogP contribution is 2.36. The van der Waals surface area contributed by atoms with Crippen LogP contribution in [0.15, 0.2) is 17.3 Å². The summed E-state index contributed by atoms with van der Waals surface area (Å²) in [6, 6.07) is 1.47. The quantitative estimate of drug-likeness (QED) is 0.864. The van der Waals surface area contributed by atoms with Gasteiger partial charge in [0, 0.05) is 6.04 Å². The third kappa shape index (κ3) is 2.69. The normalized spacial score (nSPS) is 24.7. The van der Waals surface area contributed by atoms with Crippen molar-refractivity contribution in [2.45, 2.75) is 50.6 Å². The summed E-state index contributed by atoms with van der Waals surface area (Å²) in [5.41, 5.74) is 0.0192. The van der Waals surface area contributed by atoms with Crippen molar-refractivity contribution in [3.63, 3.8) is 0 Å². The van der Waals surface area contributed by atoms with Crippen LogP contribution in [0.25, 0.3) is 0 Å². The van der Waals surface area contributed by atoms with E-state index in [0.717, 1.165) is 19.3 Å². The van der Waals surface area contributed by atoms with Gasteiger partial charge >= 0.3 is 0 Å². The van der Waals surface area contributed by atoms with E-state index in [1.54, 1.807) is 0 Å². The van der Waals surface area contributed by atoms with Gasteiger partial charge in [-0.2, -0.15) is 5.10 Å². The maximum atomic E-state index is 12.1. The standard InChI is InChI=1S/C11H19N3O2S/c1-11(2)7-4-3-5-9(11)14-17(15,16)10-6-8-12-13-10/h6,8-9,14H,3-5,7H2,1-2H3,(H,12,13). The highest BCUT2D eigenvalue weighted by molar-refractivity contribution is 7.89. The summed E-state index contributed by atoms with van der Waals surface area (Å²) in [7, 11) is -3.46. The largest absolute Gasteiger partial charge is 0.266 e. The van der Waals surface area contributed by atoms with Crippen molar-refractivity contribution >= 4 is 10.0 Å². The van der Waals surface area contributed by atoms with Gasteiger partial charge in [-0.05, 0) is 24.3 Å². The topological polar surface area (TPSA) is 74.8 Å². The highest BCUT2D eigenvalue weighted by Gasteiger charge is 2.35. The number of hydrogen-bond acceptors (Lipinski definition) is 3. The molecular formula is C11H19N3O2S. The zero-order valence-electron chi connectivity index (χ0n) is 10.2. The van der Waals surface area contributed by atoms with Crippen LogP contribution in [0, 0.1) is 5.41 Å². The second-order valence-electron chi connectivity index (χ2n) is 5.33. The molecule has 1 heterocycles. The molecule has 0 spiro atoms. The van der Waals surface area contributed by atoms with E-state index in [0.29, 0.717) is 0 Å². The molecule has 1 aliphatic rings. The van der Waals surface area contributed by atoms with Crippen LogP contribution >= 0.6 is 0 Å². The molecule has 1 aliphatic carbocycles. The molecule has 0 aliphatic heterocycles. The summed E-state index contributed by atoms with van der Waals surface area (Å²) in [5, 5.41) is 6.31. The number of aromatic nitrogens is 2. The Morgan fingerprint density at radius 2 is 2.24 bits per heavy atom. The zero-order chi connectivity index (χ0) is 12.5. The molecule has 0 amide bonds. The van der Waals surface area contributed by atoms with E-state index in [1.807, 2.05) is 0 Å². The van der Waals surface area contributed by atoms with Crippen molar-refractivity contribution in [2.24, 2.45) is 5.41 Å². The van der Waals surface area contributed by atoms with Crippen LogP contribution in [0.3, 0.4) is 0 Å². The number of hydrogen-bond donors (Lipinski definition) is 2. The van der Waals surface area contributed by atoms with Crippen LogP contribution in [0.4, 0.5) is 0 Å². The fraction of sp³-hybridized carbons (Fsp3) is 0.727. The van der Waals surface area contributed by atoms with Crippen molar-refractivity contribution in [3.05, 3.63) is 12.3 Å². The molecule has 0 radical (unpaired) electrons. The summed E-state index contributed by atoms with van der Waals surface area (Å²) < 4.78 is 26.9. The Balaban J connectivity index is 2.15. The predicted molar refractivity (Wildman–Crippen MR) is 64.9 cm³/mol. The number of nitrogens with zero attached hydrogens (tertiary/aromatic N) is 1. The van der Waals surface area contributed by atoms with E-state index >= 15 is 0 Å². The fourth-order valence-electron chi connectivity index (χ4n) is 2.36. The Kier molecular flexibility index (Phi) is 3.27. The first-order chi connectivity index (χ1) is 7.92. The number of H-pyrrole nitrogens is 1. The summed E-state index contributed by atoms with van der Waals surface area (Å²) >= 11 is 0. The first-order valence-corrected chi connectivity index (χ1v) is 7.42. The lowest BCUT2D eigenvalue weighted by molar-refractivity contribution is 0.188. The first kappa shape index (κ1) is 12.6. The van der Waals surface area contributed by atoms with Crippen LogP contribution < -0.4 is 4.72 Å². The SMILES string of the molecule is CC1(C)CCCCC1NS(=O)(=O)c1ccn[nH]1. The third-order valence-corrected chi connectivity index (χ3v) is 4.97. The second-order valence-corrected chi connectivity index (χ2v) is 7.01. The van der Waals surface area contributed by atoms with Gasteiger partial charge in [-0.3, -0.25) is 5.10 Å². The van der Waals surface area contributed by atoms with Gasteiger partial charge in [-0.25, -0.2) is 13.1 Å². The number of nitrogens with one attached hydrogen (secondary N) is 2. The summed E-state index contributed by atoms with van der Waals surface area (Å²) in [4.78, 5) is 0. The number of sulfonamides is 1. The maximum absolute atomic E-state index is 12.1. The van der Waals surface area contributed by atoms with E-state index in [9.17, 15) is 8.42 Å². The monoisotopic (exact) mass is 257 g/mol. The third-order valence-electron chi connectivity index (χ3n) is 3.57. The fourth-order valence-corrected chi connectivity index (χ4v) is 3.71. The lowest BCUT2D eigenvalue weighted by Crippen LogP contribution is -2.46. The van der Waals surface area contributed by atoms with Crippen molar-refractivity contribution < 1.29 is 8.42 Å². The molecular weight excluding hydrogens is 238 g/mol. The van der Waals surface area contributed by atoms with Crippen LogP contribution in [-0.4, -0.2) is 24.7 Å². The van der Waals surface area contributed by atoms with Gasteiger partial charge in [0.1, 0.15) is 0 Å². The molecule has 1 fully saturated rings. The maximum Gasteiger partial charge on any atom is 0.257 e. The van der Waals surface area contributed by atoms with Gasteiger partial charge in [0.15, 0.2) is 5.03 Å². The molecule has 0 saturated heterocycles. The molecule has 96 valence electrons.